The Balaban J connectivity index is 0.760. The van der Waals surface area contributed by atoms with E-state index in [-0.39, 0.29) is 56.9 Å². The second kappa shape index (κ2) is 29.6. The third kappa shape index (κ3) is 19.4. The van der Waals surface area contributed by atoms with Crippen molar-refractivity contribution >= 4 is 58.1 Å². The van der Waals surface area contributed by atoms with Crippen molar-refractivity contribution in [2.45, 2.75) is 78.6 Å². The van der Waals surface area contributed by atoms with Gasteiger partial charge in [-0.05, 0) is 60.2 Å². The summed E-state index contributed by atoms with van der Waals surface area (Å²) in [5.41, 5.74) is 7.31. The van der Waals surface area contributed by atoms with Crippen LogP contribution >= 0.6 is 11.3 Å². The molecule has 5 N–H and O–H groups in total. The number of β-amino-alcohol motifs (C(OH)–C–C–N with tert-alkyl or cyclic N) is 1. The van der Waals surface area contributed by atoms with Crippen LogP contribution in [0, 0.1) is 19.3 Å². The summed E-state index contributed by atoms with van der Waals surface area (Å²) in [4.78, 5) is 70.9. The normalized spacial score (nSPS) is 14.8. The summed E-state index contributed by atoms with van der Waals surface area (Å²) >= 11 is 1.57. The molecule has 1 saturated heterocycles. The number of likely N-dealkylation sites (N-methyl/N-ethyl adjacent to an activating group) is 1. The lowest BCUT2D eigenvalue weighted by Gasteiger charge is -2.35. The van der Waals surface area contributed by atoms with E-state index >= 15 is 0 Å². The van der Waals surface area contributed by atoms with Gasteiger partial charge in [0.05, 0.1) is 94.7 Å². The van der Waals surface area contributed by atoms with E-state index in [1.807, 2.05) is 137 Å². The van der Waals surface area contributed by atoms with Crippen molar-refractivity contribution in [3.63, 3.8) is 0 Å². The highest BCUT2D eigenvalue weighted by Gasteiger charge is 2.44. The molecule has 0 aliphatic carbocycles. The van der Waals surface area contributed by atoms with Crippen LogP contribution in [0.25, 0.3) is 10.4 Å². The van der Waals surface area contributed by atoms with Gasteiger partial charge in [-0.3, -0.25) is 19.2 Å². The average Bonchev–Trinajstić information content (AvgIpc) is 4.01. The number of anilines is 4. The minimum Gasteiger partial charge on any atom is -0.391 e. The second-order valence-electron chi connectivity index (χ2n) is 19.3. The van der Waals surface area contributed by atoms with E-state index in [0.29, 0.717) is 77.5 Å². The zero-order chi connectivity index (χ0) is 53.6. The Morgan fingerprint density at radius 2 is 1.39 bits per heavy atom. The molecule has 1 aliphatic heterocycles. The van der Waals surface area contributed by atoms with Crippen LogP contribution in [-0.2, 0) is 55.8 Å². The summed E-state index contributed by atoms with van der Waals surface area (Å²) in [5, 5.41) is 22.5. The molecule has 3 atom stereocenters. The third-order valence-electron chi connectivity index (χ3n) is 12.1. The largest absolute Gasteiger partial charge is 0.391 e. The lowest BCUT2D eigenvalue weighted by atomic mass is 9.85. The number of thiazole rings is 1. The van der Waals surface area contributed by atoms with Gasteiger partial charge in [-0.1, -0.05) is 75.4 Å². The number of carbonyl (C=O) groups excluding carboxylic acids is 4. The standard InChI is InChI=1S/C55H73N9O10S/c1-38-32-47(61-54(58-38)60-44-18-16-43(17-19-44)59-49(67)33-40-10-8-7-9-11-40)63(6)21-23-71-25-27-73-29-31-74-30-28-72-26-24-70-22-20-48(66)62-51(55(3,4)5)53(69)64-36-45(65)34-46(64)52(68)56-35-41-12-14-42(15-13-41)50-39(2)57-37-75-50/h7-19,32,37,45-46,51,65H,20-31,33-36H2,1-6H3,(H,56,68)(H,59,67)(H,62,66)(H,58,60,61)/t45-,46+,51-/m1/s1. The minimum atomic E-state index is -0.929. The molecule has 5 aromatic rings. The van der Waals surface area contributed by atoms with Crippen molar-refractivity contribution in [1.82, 2.24) is 30.5 Å². The summed E-state index contributed by atoms with van der Waals surface area (Å²) in [5.74, 6) is -0.0147. The second-order valence-corrected chi connectivity index (χ2v) is 20.1. The zero-order valence-corrected chi connectivity index (χ0v) is 44.8. The van der Waals surface area contributed by atoms with Gasteiger partial charge < -0.3 is 59.9 Å². The molecule has 3 aromatic carbocycles. The molecule has 75 heavy (non-hydrogen) atoms. The number of amides is 4. The molecule has 20 heteroatoms. The molecule has 0 spiro atoms. The SMILES string of the molecule is Cc1cc(N(C)CCOCCOCCOCCOCCOCCC(=O)N[C@H](C(=O)N2C[C@H](O)C[C@H]2C(=O)NCc2ccc(-c3scnc3C)cc2)C(C)(C)C)nc(Nc2ccc(NC(=O)Cc3ccccc3)cc2)n1. The molecular formula is C55H73N9O10S. The summed E-state index contributed by atoms with van der Waals surface area (Å²) in [6.07, 6.45) is -0.426. The van der Waals surface area contributed by atoms with Gasteiger partial charge in [0.25, 0.3) is 0 Å². The molecule has 0 bridgehead atoms. The van der Waals surface area contributed by atoms with Crippen molar-refractivity contribution < 1.29 is 48.0 Å². The highest BCUT2D eigenvalue weighted by atomic mass is 32.1. The number of aliphatic hydroxyl groups is 1. The van der Waals surface area contributed by atoms with Gasteiger partial charge >= 0.3 is 0 Å². The van der Waals surface area contributed by atoms with Crippen LogP contribution in [0.1, 0.15) is 56.1 Å². The van der Waals surface area contributed by atoms with Gasteiger partial charge in [-0.2, -0.15) is 4.98 Å². The Bertz CT molecular complexity index is 2560. The van der Waals surface area contributed by atoms with E-state index in [4.69, 9.17) is 23.7 Å². The van der Waals surface area contributed by atoms with E-state index in [0.717, 1.165) is 44.5 Å². The topological polar surface area (TPSA) is 228 Å². The molecule has 1 fully saturated rings. The highest BCUT2D eigenvalue weighted by Crippen LogP contribution is 2.29. The Labute approximate surface area is 444 Å². The Morgan fingerprint density at radius 1 is 0.773 bits per heavy atom. The first-order valence-corrected chi connectivity index (χ1v) is 26.2. The molecule has 1 aliphatic rings. The number of hydrogen-bond acceptors (Lipinski definition) is 16. The monoisotopic (exact) mass is 1050 g/mol. The predicted molar refractivity (Wildman–Crippen MR) is 289 cm³/mol. The molecule has 404 valence electrons. The number of rotatable bonds is 30. The first-order chi connectivity index (χ1) is 36.1. The van der Waals surface area contributed by atoms with Crippen molar-refractivity contribution in [3.8, 4) is 10.4 Å². The number of hydrogen-bond donors (Lipinski definition) is 5. The fraction of sp³-hybridized carbons (Fsp3) is 0.473. The summed E-state index contributed by atoms with van der Waals surface area (Å²) in [6, 6.07) is 25.0. The smallest absolute Gasteiger partial charge is 0.246 e. The summed E-state index contributed by atoms with van der Waals surface area (Å²) in [7, 11) is 1.95. The minimum absolute atomic E-state index is 0.00561. The van der Waals surface area contributed by atoms with Gasteiger partial charge in [0, 0.05) is 62.7 Å². The number of likely N-dealkylation sites (tertiary alicyclic amines) is 1. The first kappa shape index (κ1) is 57.9. The van der Waals surface area contributed by atoms with Gasteiger partial charge in [0.2, 0.25) is 29.6 Å². The van der Waals surface area contributed by atoms with Gasteiger partial charge in [0.1, 0.15) is 17.9 Å². The number of nitrogens with one attached hydrogen (secondary N) is 4. The number of aliphatic hydroxyl groups excluding tert-OH is 1. The predicted octanol–water partition coefficient (Wildman–Crippen LogP) is 5.86. The number of carbonyl (C=O) groups is 4. The highest BCUT2D eigenvalue weighted by molar-refractivity contribution is 7.13. The van der Waals surface area contributed by atoms with Crippen LogP contribution in [0.3, 0.4) is 0 Å². The van der Waals surface area contributed by atoms with Gasteiger partial charge in [0.15, 0.2) is 0 Å². The van der Waals surface area contributed by atoms with Crippen LogP contribution in [0.4, 0.5) is 23.1 Å². The average molecular weight is 1050 g/mol. The first-order valence-electron chi connectivity index (χ1n) is 25.3. The lowest BCUT2D eigenvalue weighted by molar-refractivity contribution is -0.144. The van der Waals surface area contributed by atoms with Crippen LogP contribution in [0.5, 0.6) is 0 Å². The molecule has 6 rings (SSSR count). The van der Waals surface area contributed by atoms with E-state index in [2.05, 4.69) is 36.2 Å². The quantitative estimate of drug-likeness (QED) is 0.0340. The van der Waals surface area contributed by atoms with Crippen molar-refractivity contribution in [2.75, 3.05) is 102 Å². The zero-order valence-electron chi connectivity index (χ0n) is 44.0. The lowest BCUT2D eigenvalue weighted by Crippen LogP contribution is -2.57. The van der Waals surface area contributed by atoms with Crippen LogP contribution in [0.15, 0.2) is 90.4 Å². The Hall–Kier alpha value is -6.39. The maximum Gasteiger partial charge on any atom is 0.246 e. The number of aryl methyl sites for hydroxylation is 2. The van der Waals surface area contributed by atoms with Crippen molar-refractivity contribution in [2.24, 2.45) is 5.41 Å². The molecule has 0 unspecified atom stereocenters. The molecule has 0 radical (unpaired) electrons. The van der Waals surface area contributed by atoms with Crippen LogP contribution in [0.2, 0.25) is 0 Å². The molecule has 2 aromatic heterocycles. The third-order valence-corrected chi connectivity index (χ3v) is 13.1. The molecule has 4 amide bonds. The Morgan fingerprint density at radius 3 is 2.00 bits per heavy atom. The number of ether oxygens (including phenoxy) is 5. The summed E-state index contributed by atoms with van der Waals surface area (Å²) < 4.78 is 28.2. The van der Waals surface area contributed by atoms with Crippen LogP contribution in [-0.4, -0.2) is 153 Å². The van der Waals surface area contributed by atoms with E-state index < -0.39 is 29.5 Å². The number of aromatic nitrogens is 3. The molecule has 19 nitrogen and oxygen atoms in total. The fourth-order valence-corrected chi connectivity index (χ4v) is 8.84. The number of nitrogens with zero attached hydrogens (tertiary/aromatic N) is 5. The fourth-order valence-electron chi connectivity index (χ4n) is 8.03. The molecule has 3 heterocycles. The maximum absolute atomic E-state index is 13.9. The summed E-state index contributed by atoms with van der Waals surface area (Å²) in [6.45, 7) is 13.9. The maximum atomic E-state index is 13.9. The van der Waals surface area contributed by atoms with Gasteiger partial charge in [-0.25, -0.2) is 9.97 Å². The Kier molecular flexibility index (Phi) is 22.9. The van der Waals surface area contributed by atoms with Crippen molar-refractivity contribution in [3.05, 3.63) is 113 Å². The van der Waals surface area contributed by atoms with Crippen LogP contribution < -0.4 is 26.2 Å². The van der Waals surface area contributed by atoms with E-state index in [1.54, 1.807) is 11.3 Å². The van der Waals surface area contributed by atoms with E-state index in [1.165, 1.54) is 4.90 Å². The van der Waals surface area contributed by atoms with Gasteiger partial charge in [-0.15, -0.1) is 11.3 Å². The number of benzene rings is 3. The molecule has 0 saturated carbocycles. The van der Waals surface area contributed by atoms with Crippen molar-refractivity contribution in [1.29, 1.82) is 0 Å². The molecular weight excluding hydrogens is 979 g/mol. The van der Waals surface area contributed by atoms with E-state index in [9.17, 15) is 24.3 Å².